The van der Waals surface area contributed by atoms with Crippen LogP contribution in [0, 0.1) is 11.3 Å². The third-order valence-electron chi connectivity index (χ3n) is 3.66. The summed E-state index contributed by atoms with van der Waals surface area (Å²) in [6, 6.07) is 17.4. The molecule has 0 radical (unpaired) electrons. The fourth-order valence-corrected chi connectivity index (χ4v) is 2.71. The fourth-order valence-electron chi connectivity index (χ4n) is 2.71. The van der Waals surface area contributed by atoms with Crippen molar-refractivity contribution in [1.29, 1.82) is 5.26 Å². The van der Waals surface area contributed by atoms with Crippen molar-refractivity contribution < 1.29 is 0 Å². The second-order valence-electron chi connectivity index (χ2n) is 5.04. The highest BCUT2D eigenvalue weighted by Gasteiger charge is 2.24. The first kappa shape index (κ1) is 12.4. The van der Waals surface area contributed by atoms with Gasteiger partial charge in [-0.05, 0) is 29.8 Å². The van der Waals surface area contributed by atoms with E-state index < -0.39 is 0 Å². The number of hydrogen-bond donors (Lipinski definition) is 2. The smallest absolute Gasteiger partial charge is 0.212 e. The third-order valence-corrected chi connectivity index (χ3v) is 3.66. The number of anilines is 1. The summed E-state index contributed by atoms with van der Waals surface area (Å²) >= 11 is 0. The number of nitrogens with two attached hydrogens (primary N) is 1. The Labute approximate surface area is 126 Å². The molecule has 1 aromatic heterocycles. The SMILES string of the molecule is N#Cc1cccc(C2N=C(N)Nc3nc4ccccc4n32)c1. The number of hydrogen-bond acceptors (Lipinski definition) is 5. The van der Waals surface area contributed by atoms with Crippen molar-refractivity contribution in [2.24, 2.45) is 10.7 Å². The first-order valence-corrected chi connectivity index (χ1v) is 6.83. The van der Waals surface area contributed by atoms with Gasteiger partial charge in [0, 0.05) is 0 Å². The van der Waals surface area contributed by atoms with Crippen LogP contribution in [-0.2, 0) is 0 Å². The average Bonchev–Trinajstić information content (AvgIpc) is 2.92. The van der Waals surface area contributed by atoms with Crippen LogP contribution in [0.3, 0.4) is 0 Å². The first-order chi connectivity index (χ1) is 10.8. The van der Waals surface area contributed by atoms with Gasteiger partial charge in [0.05, 0.1) is 22.7 Å². The summed E-state index contributed by atoms with van der Waals surface area (Å²) in [7, 11) is 0. The van der Waals surface area contributed by atoms with Crippen LogP contribution in [0.2, 0.25) is 0 Å². The molecule has 3 aromatic rings. The number of aromatic nitrogens is 2. The minimum Gasteiger partial charge on any atom is -0.370 e. The highest BCUT2D eigenvalue weighted by atomic mass is 15.4. The van der Waals surface area contributed by atoms with E-state index in [1.54, 1.807) is 6.07 Å². The number of rotatable bonds is 1. The maximum Gasteiger partial charge on any atom is 0.212 e. The molecule has 4 rings (SSSR count). The van der Waals surface area contributed by atoms with Gasteiger partial charge in [-0.3, -0.25) is 9.88 Å². The molecule has 1 unspecified atom stereocenters. The van der Waals surface area contributed by atoms with Gasteiger partial charge in [-0.1, -0.05) is 24.3 Å². The Bertz CT molecular complexity index is 947. The molecule has 6 nitrogen and oxygen atoms in total. The van der Waals surface area contributed by atoms with Crippen molar-refractivity contribution in [3.63, 3.8) is 0 Å². The van der Waals surface area contributed by atoms with Gasteiger partial charge in [0.1, 0.15) is 0 Å². The van der Waals surface area contributed by atoms with Crippen LogP contribution in [0.5, 0.6) is 0 Å². The second-order valence-corrected chi connectivity index (χ2v) is 5.04. The van der Waals surface area contributed by atoms with Gasteiger partial charge in [-0.2, -0.15) is 5.26 Å². The molecular weight excluding hydrogens is 276 g/mol. The lowest BCUT2D eigenvalue weighted by Crippen LogP contribution is -2.31. The Morgan fingerprint density at radius 2 is 2.05 bits per heavy atom. The molecule has 0 spiro atoms. The summed E-state index contributed by atoms with van der Waals surface area (Å²) in [5.41, 5.74) is 9.22. The standard InChI is InChI=1S/C16H12N6/c17-9-10-4-3-5-11(8-10)14-20-15(18)21-16-19-12-6-1-2-7-13(12)22(14)16/h1-8,14H,(H3,18,19,20,21). The molecule has 0 aliphatic carbocycles. The van der Waals surface area contributed by atoms with Gasteiger partial charge >= 0.3 is 0 Å². The zero-order valence-corrected chi connectivity index (χ0v) is 11.6. The number of para-hydroxylation sites is 2. The molecule has 0 saturated heterocycles. The zero-order chi connectivity index (χ0) is 15.1. The van der Waals surface area contributed by atoms with E-state index in [0.717, 1.165) is 16.6 Å². The topological polar surface area (TPSA) is 92.0 Å². The highest BCUT2D eigenvalue weighted by molar-refractivity contribution is 5.94. The van der Waals surface area contributed by atoms with E-state index in [1.165, 1.54) is 0 Å². The van der Waals surface area contributed by atoms with E-state index in [-0.39, 0.29) is 6.17 Å². The molecule has 0 bridgehead atoms. The third kappa shape index (κ3) is 1.80. The van der Waals surface area contributed by atoms with E-state index >= 15 is 0 Å². The van der Waals surface area contributed by atoms with Crippen molar-refractivity contribution in [2.75, 3.05) is 5.32 Å². The largest absolute Gasteiger partial charge is 0.370 e. The van der Waals surface area contributed by atoms with Crippen molar-refractivity contribution in [1.82, 2.24) is 9.55 Å². The number of nitrogens with one attached hydrogen (secondary N) is 1. The van der Waals surface area contributed by atoms with Crippen LogP contribution in [-0.4, -0.2) is 15.5 Å². The molecule has 2 aromatic carbocycles. The van der Waals surface area contributed by atoms with Gasteiger partial charge in [-0.15, -0.1) is 0 Å². The molecule has 0 fully saturated rings. The first-order valence-electron chi connectivity index (χ1n) is 6.83. The monoisotopic (exact) mass is 288 g/mol. The Morgan fingerprint density at radius 3 is 2.91 bits per heavy atom. The van der Waals surface area contributed by atoms with E-state index in [4.69, 9.17) is 11.0 Å². The van der Waals surface area contributed by atoms with Gasteiger partial charge in [-0.25, -0.2) is 9.98 Å². The predicted molar refractivity (Wildman–Crippen MR) is 84.3 cm³/mol. The summed E-state index contributed by atoms with van der Waals surface area (Å²) in [6.45, 7) is 0. The molecule has 2 heterocycles. The average molecular weight is 288 g/mol. The molecule has 0 amide bonds. The highest BCUT2D eigenvalue weighted by Crippen LogP contribution is 2.32. The fraction of sp³-hybridized carbons (Fsp3) is 0.0625. The van der Waals surface area contributed by atoms with Gasteiger partial charge in [0.25, 0.3) is 0 Å². The molecule has 106 valence electrons. The minimum atomic E-state index is -0.336. The van der Waals surface area contributed by atoms with E-state index in [9.17, 15) is 0 Å². The molecule has 0 saturated carbocycles. The van der Waals surface area contributed by atoms with Crippen molar-refractivity contribution in [3.8, 4) is 6.07 Å². The van der Waals surface area contributed by atoms with Crippen LogP contribution >= 0.6 is 0 Å². The number of nitriles is 1. The maximum atomic E-state index is 9.10. The number of guanidine groups is 1. The summed E-state index contributed by atoms with van der Waals surface area (Å²) < 4.78 is 1.99. The number of fused-ring (bicyclic) bond motifs is 3. The van der Waals surface area contributed by atoms with Crippen LogP contribution in [0.1, 0.15) is 17.3 Å². The molecule has 22 heavy (non-hydrogen) atoms. The number of imidazole rings is 1. The molecule has 1 aliphatic rings. The molecule has 1 atom stereocenters. The maximum absolute atomic E-state index is 9.10. The second kappa shape index (κ2) is 4.60. The normalized spacial score (nSPS) is 16.5. The van der Waals surface area contributed by atoms with Gasteiger partial charge < -0.3 is 5.73 Å². The van der Waals surface area contributed by atoms with Crippen LogP contribution < -0.4 is 11.1 Å². The lowest BCUT2D eigenvalue weighted by molar-refractivity contribution is 0.626. The summed E-state index contributed by atoms with van der Waals surface area (Å²) in [5.74, 6) is 0.969. The Hall–Kier alpha value is -3.33. The van der Waals surface area contributed by atoms with Crippen molar-refractivity contribution in [2.45, 2.75) is 6.17 Å². The predicted octanol–water partition coefficient (Wildman–Crippen LogP) is 2.20. The minimum absolute atomic E-state index is 0.315. The number of benzene rings is 2. The Morgan fingerprint density at radius 1 is 1.18 bits per heavy atom. The van der Waals surface area contributed by atoms with Gasteiger partial charge in [0.15, 0.2) is 12.1 Å². The number of aliphatic imine (C=N–C) groups is 1. The van der Waals surface area contributed by atoms with E-state index in [1.807, 2.05) is 47.0 Å². The lowest BCUT2D eigenvalue weighted by Gasteiger charge is -2.23. The summed E-state index contributed by atoms with van der Waals surface area (Å²) in [6.07, 6.45) is -0.336. The Kier molecular flexibility index (Phi) is 2.60. The van der Waals surface area contributed by atoms with E-state index in [0.29, 0.717) is 17.5 Å². The summed E-state index contributed by atoms with van der Waals surface area (Å²) in [5, 5.41) is 12.1. The van der Waals surface area contributed by atoms with Crippen LogP contribution in [0.25, 0.3) is 11.0 Å². The number of nitrogens with zero attached hydrogens (tertiary/aromatic N) is 4. The van der Waals surface area contributed by atoms with Crippen molar-refractivity contribution >= 4 is 22.9 Å². The van der Waals surface area contributed by atoms with Crippen molar-refractivity contribution in [3.05, 3.63) is 59.7 Å². The van der Waals surface area contributed by atoms with Gasteiger partial charge in [0.2, 0.25) is 5.95 Å². The molecule has 6 heteroatoms. The Balaban J connectivity index is 1.96. The lowest BCUT2D eigenvalue weighted by atomic mass is 10.1. The molecular formula is C16H12N6. The summed E-state index contributed by atoms with van der Waals surface area (Å²) in [4.78, 5) is 9.04. The molecule has 3 N–H and O–H groups in total. The molecule has 1 aliphatic heterocycles. The van der Waals surface area contributed by atoms with E-state index in [2.05, 4.69) is 21.4 Å². The van der Waals surface area contributed by atoms with Crippen LogP contribution in [0.15, 0.2) is 53.5 Å². The van der Waals surface area contributed by atoms with Crippen LogP contribution in [0.4, 0.5) is 5.95 Å². The zero-order valence-electron chi connectivity index (χ0n) is 11.6. The quantitative estimate of drug-likeness (QED) is 0.718.